The largest absolute Gasteiger partial charge is 0.330 e. The molecule has 4 N–H and O–H groups in total. The lowest BCUT2D eigenvalue weighted by atomic mass is 10.0. The molecule has 0 aliphatic heterocycles. The maximum absolute atomic E-state index is 12.2. The second kappa shape index (κ2) is 6.34. The molecular weight excluding hydrogens is 278 g/mol. The lowest BCUT2D eigenvalue weighted by Crippen LogP contribution is -2.44. The number of benzene rings is 1. The van der Waals surface area contributed by atoms with Gasteiger partial charge in [0.25, 0.3) is 0 Å². The van der Waals surface area contributed by atoms with Gasteiger partial charge in [-0.25, -0.2) is 13.1 Å². The van der Waals surface area contributed by atoms with Crippen molar-refractivity contribution < 1.29 is 13.2 Å². The number of anilines is 1. The summed E-state index contributed by atoms with van der Waals surface area (Å²) in [5, 5.41) is 2.58. The Bertz CT molecular complexity index is 565. The van der Waals surface area contributed by atoms with Crippen LogP contribution in [0.25, 0.3) is 0 Å². The Morgan fingerprint density at radius 3 is 2.25 bits per heavy atom. The summed E-state index contributed by atoms with van der Waals surface area (Å²) in [5.74, 6) is -0.206. The van der Waals surface area contributed by atoms with E-state index in [1.165, 1.54) is 19.1 Å². The van der Waals surface area contributed by atoms with E-state index < -0.39 is 15.6 Å². The van der Waals surface area contributed by atoms with E-state index in [0.29, 0.717) is 18.7 Å². The summed E-state index contributed by atoms with van der Waals surface area (Å²) in [4.78, 5) is 11.1. The molecule has 6 nitrogen and oxygen atoms in total. The highest BCUT2D eigenvalue weighted by Gasteiger charge is 2.25. The third kappa shape index (κ3) is 4.92. The molecule has 1 aromatic carbocycles. The van der Waals surface area contributed by atoms with Gasteiger partial charge in [-0.2, -0.15) is 0 Å². The molecule has 1 rings (SSSR count). The van der Waals surface area contributed by atoms with Gasteiger partial charge in [0.15, 0.2) is 0 Å². The minimum absolute atomic E-state index is 0.150. The van der Waals surface area contributed by atoms with Gasteiger partial charge in [0.05, 0.1) is 4.90 Å². The summed E-state index contributed by atoms with van der Waals surface area (Å²) in [6.45, 7) is 5.35. The maximum Gasteiger partial charge on any atom is 0.241 e. The van der Waals surface area contributed by atoms with Gasteiger partial charge in [0.1, 0.15) is 0 Å². The highest BCUT2D eigenvalue weighted by molar-refractivity contribution is 7.89. The molecule has 1 amide bonds. The number of sulfonamides is 1. The lowest BCUT2D eigenvalue weighted by molar-refractivity contribution is -0.114. The number of hydrogen-bond acceptors (Lipinski definition) is 4. The van der Waals surface area contributed by atoms with Crippen LogP contribution in [0.1, 0.15) is 27.2 Å². The molecule has 0 fully saturated rings. The summed E-state index contributed by atoms with van der Waals surface area (Å²) in [6, 6.07) is 6.00. The molecular formula is C13H21N3O3S. The maximum atomic E-state index is 12.2. The molecule has 0 saturated heterocycles. The standard InChI is InChI=1S/C13H21N3O3S/c1-10(17)15-11-4-6-12(7-5-11)20(18,19)16-13(2,3)8-9-14/h4-7,16H,8-9,14H2,1-3H3,(H,15,17). The van der Waals surface area contributed by atoms with Gasteiger partial charge in [-0.3, -0.25) is 4.79 Å². The van der Waals surface area contributed by atoms with Crippen molar-refractivity contribution in [3.05, 3.63) is 24.3 Å². The molecule has 0 unspecified atom stereocenters. The first-order valence-electron chi connectivity index (χ1n) is 6.28. The van der Waals surface area contributed by atoms with Crippen molar-refractivity contribution in [3.63, 3.8) is 0 Å². The molecule has 0 aliphatic carbocycles. The van der Waals surface area contributed by atoms with Crippen molar-refractivity contribution in [1.29, 1.82) is 0 Å². The molecule has 1 aromatic rings. The third-order valence-electron chi connectivity index (χ3n) is 2.66. The number of amides is 1. The smallest absolute Gasteiger partial charge is 0.241 e. The zero-order chi connectivity index (χ0) is 15.4. The van der Waals surface area contributed by atoms with Crippen LogP contribution >= 0.6 is 0 Å². The molecule has 0 atom stereocenters. The van der Waals surface area contributed by atoms with E-state index >= 15 is 0 Å². The first-order chi connectivity index (χ1) is 9.16. The van der Waals surface area contributed by atoms with Crippen molar-refractivity contribution in [3.8, 4) is 0 Å². The van der Waals surface area contributed by atoms with E-state index in [4.69, 9.17) is 5.73 Å². The monoisotopic (exact) mass is 299 g/mol. The molecule has 0 aliphatic rings. The Morgan fingerprint density at radius 1 is 1.25 bits per heavy atom. The molecule has 0 aromatic heterocycles. The predicted molar refractivity (Wildman–Crippen MR) is 78.8 cm³/mol. The topological polar surface area (TPSA) is 101 Å². The Hall–Kier alpha value is -1.44. The fourth-order valence-electron chi connectivity index (χ4n) is 1.76. The van der Waals surface area contributed by atoms with Crippen molar-refractivity contribution in [2.24, 2.45) is 5.73 Å². The number of rotatable bonds is 6. The van der Waals surface area contributed by atoms with E-state index in [2.05, 4.69) is 10.0 Å². The van der Waals surface area contributed by atoms with Gasteiger partial charge in [-0.1, -0.05) is 0 Å². The van der Waals surface area contributed by atoms with E-state index in [0.717, 1.165) is 0 Å². The summed E-state index contributed by atoms with van der Waals surface area (Å²) in [5.41, 5.74) is 5.41. The van der Waals surface area contributed by atoms with Crippen LogP contribution < -0.4 is 15.8 Å². The van der Waals surface area contributed by atoms with Crippen molar-refractivity contribution in [2.45, 2.75) is 37.6 Å². The van der Waals surface area contributed by atoms with Crippen LogP contribution in [0.3, 0.4) is 0 Å². The third-order valence-corrected chi connectivity index (χ3v) is 4.38. The fraction of sp³-hybridized carbons (Fsp3) is 0.462. The summed E-state index contributed by atoms with van der Waals surface area (Å²) >= 11 is 0. The fourth-order valence-corrected chi connectivity index (χ4v) is 3.20. The zero-order valence-corrected chi connectivity index (χ0v) is 12.8. The van der Waals surface area contributed by atoms with Crippen molar-refractivity contribution in [2.75, 3.05) is 11.9 Å². The lowest BCUT2D eigenvalue weighted by Gasteiger charge is -2.25. The Morgan fingerprint density at radius 2 is 1.80 bits per heavy atom. The number of nitrogens with one attached hydrogen (secondary N) is 2. The van der Waals surface area contributed by atoms with Gasteiger partial charge in [0.2, 0.25) is 15.9 Å². The summed E-state index contributed by atoms with van der Waals surface area (Å²) in [6.07, 6.45) is 0.538. The van der Waals surface area contributed by atoms with E-state index in [-0.39, 0.29) is 10.8 Å². The van der Waals surface area contributed by atoms with Gasteiger partial charge >= 0.3 is 0 Å². The second-order valence-electron chi connectivity index (χ2n) is 5.23. The molecule has 0 heterocycles. The molecule has 0 saturated carbocycles. The molecule has 0 bridgehead atoms. The Balaban J connectivity index is 2.90. The van der Waals surface area contributed by atoms with Crippen LogP contribution in [-0.2, 0) is 14.8 Å². The van der Waals surface area contributed by atoms with Gasteiger partial charge < -0.3 is 11.1 Å². The van der Waals surface area contributed by atoms with Crippen LogP contribution in [0.2, 0.25) is 0 Å². The summed E-state index contributed by atoms with van der Waals surface area (Å²) < 4.78 is 27.0. The molecule has 0 spiro atoms. The highest BCUT2D eigenvalue weighted by Crippen LogP contribution is 2.17. The van der Waals surface area contributed by atoms with Gasteiger partial charge in [-0.05, 0) is 51.1 Å². The van der Waals surface area contributed by atoms with E-state index in [1.54, 1.807) is 26.0 Å². The van der Waals surface area contributed by atoms with Crippen molar-refractivity contribution in [1.82, 2.24) is 4.72 Å². The van der Waals surface area contributed by atoms with Gasteiger partial charge in [0, 0.05) is 18.2 Å². The zero-order valence-electron chi connectivity index (χ0n) is 11.9. The average Bonchev–Trinajstić information content (AvgIpc) is 2.27. The van der Waals surface area contributed by atoms with Crippen LogP contribution in [0.5, 0.6) is 0 Å². The number of carbonyl (C=O) groups is 1. The Labute approximate surface area is 119 Å². The first kappa shape index (κ1) is 16.6. The van der Waals surface area contributed by atoms with Gasteiger partial charge in [-0.15, -0.1) is 0 Å². The van der Waals surface area contributed by atoms with E-state index in [1.807, 2.05) is 0 Å². The van der Waals surface area contributed by atoms with Crippen molar-refractivity contribution >= 4 is 21.6 Å². The minimum atomic E-state index is -3.60. The second-order valence-corrected chi connectivity index (χ2v) is 6.92. The van der Waals surface area contributed by atoms with E-state index in [9.17, 15) is 13.2 Å². The molecule has 112 valence electrons. The van der Waals surface area contributed by atoms with Crippen LogP contribution in [0, 0.1) is 0 Å². The average molecular weight is 299 g/mol. The number of nitrogens with two attached hydrogens (primary N) is 1. The highest BCUT2D eigenvalue weighted by atomic mass is 32.2. The predicted octanol–water partition coefficient (Wildman–Crippen LogP) is 1.05. The molecule has 20 heavy (non-hydrogen) atoms. The van der Waals surface area contributed by atoms with Crippen LogP contribution in [-0.4, -0.2) is 26.4 Å². The van der Waals surface area contributed by atoms with Crippen LogP contribution in [0.15, 0.2) is 29.2 Å². The normalized spacial score (nSPS) is 12.2. The first-order valence-corrected chi connectivity index (χ1v) is 7.76. The minimum Gasteiger partial charge on any atom is -0.330 e. The summed E-state index contributed by atoms with van der Waals surface area (Å²) in [7, 11) is -3.60. The van der Waals surface area contributed by atoms with Crippen LogP contribution in [0.4, 0.5) is 5.69 Å². The Kier molecular flexibility index (Phi) is 5.27. The SMILES string of the molecule is CC(=O)Nc1ccc(S(=O)(=O)NC(C)(C)CCN)cc1. The quantitative estimate of drug-likeness (QED) is 0.730. The molecule has 7 heteroatoms. The number of hydrogen-bond donors (Lipinski definition) is 3. The molecule has 0 radical (unpaired) electrons. The number of carbonyl (C=O) groups excluding carboxylic acids is 1.